The van der Waals surface area contributed by atoms with Gasteiger partial charge in [-0.25, -0.2) is 15.0 Å². The molecule has 6 heteroatoms. The highest BCUT2D eigenvalue weighted by atomic mass is 32.2. The number of aromatic nitrogens is 4. The van der Waals surface area contributed by atoms with Gasteiger partial charge in [-0.1, -0.05) is 30.8 Å². The molecule has 0 spiro atoms. The number of benzene rings is 1. The normalized spacial score (nSPS) is 12.7. The number of aliphatic hydroxyl groups is 1. The lowest BCUT2D eigenvalue weighted by molar-refractivity contribution is 0.173. The second kappa shape index (κ2) is 5.60. The fraction of sp³-hybridized carbons (Fsp3) is 0.214. The average molecular weight is 286 g/mol. The third kappa shape index (κ3) is 2.52. The molecule has 5 nitrogen and oxygen atoms in total. The lowest BCUT2D eigenvalue weighted by Gasteiger charge is -2.08. The summed E-state index contributed by atoms with van der Waals surface area (Å²) in [5.74, 6) is 0. The summed E-state index contributed by atoms with van der Waals surface area (Å²) in [5.41, 5.74) is 2.45. The summed E-state index contributed by atoms with van der Waals surface area (Å²) in [6.07, 6.45) is 3.45. The molecule has 1 atom stereocenters. The van der Waals surface area contributed by atoms with Crippen LogP contribution in [0.25, 0.3) is 11.2 Å². The molecule has 0 saturated carbocycles. The largest absolute Gasteiger partial charge is 0.388 e. The number of fused-ring (bicyclic) bond motifs is 1. The predicted molar refractivity (Wildman–Crippen MR) is 77.5 cm³/mol. The molecule has 0 fully saturated rings. The van der Waals surface area contributed by atoms with E-state index >= 15 is 0 Å². The maximum atomic E-state index is 9.78. The van der Waals surface area contributed by atoms with Gasteiger partial charge in [0.05, 0.1) is 12.4 Å². The summed E-state index contributed by atoms with van der Waals surface area (Å²) in [5, 5.41) is 10.6. The lowest BCUT2D eigenvalue weighted by atomic mass is 10.1. The van der Waals surface area contributed by atoms with E-state index in [2.05, 4.69) is 19.9 Å². The molecule has 0 radical (unpaired) electrons. The third-order valence-electron chi connectivity index (χ3n) is 3.05. The van der Waals surface area contributed by atoms with Gasteiger partial charge in [-0.05, 0) is 24.1 Å². The topological polar surface area (TPSA) is 74.7 Å². The number of H-pyrrole nitrogens is 1. The standard InChI is InChI=1S/C14H14N4OS/c1-2-11(19)9-3-5-10(6-4-9)20-14-12-13(16-7-15-12)17-8-18-14/h3-8,11,19H,2H2,1H3,(H,15,16,17,18)/t11-/m0/s1. The van der Waals surface area contributed by atoms with Crippen LogP contribution in [-0.2, 0) is 0 Å². The zero-order chi connectivity index (χ0) is 13.9. The van der Waals surface area contributed by atoms with Crippen molar-refractivity contribution >= 4 is 22.9 Å². The Bertz CT molecular complexity index is 711. The third-order valence-corrected chi connectivity index (χ3v) is 4.07. The van der Waals surface area contributed by atoms with Gasteiger partial charge < -0.3 is 10.1 Å². The monoisotopic (exact) mass is 286 g/mol. The number of hydrogen-bond donors (Lipinski definition) is 2. The summed E-state index contributed by atoms with van der Waals surface area (Å²) < 4.78 is 0. The first kappa shape index (κ1) is 13.1. The molecular weight excluding hydrogens is 272 g/mol. The van der Waals surface area contributed by atoms with E-state index in [4.69, 9.17) is 0 Å². The first-order valence-electron chi connectivity index (χ1n) is 6.38. The Hall–Kier alpha value is -1.92. The first-order chi connectivity index (χ1) is 9.78. The molecule has 2 aromatic heterocycles. The van der Waals surface area contributed by atoms with E-state index in [1.165, 1.54) is 6.33 Å². The van der Waals surface area contributed by atoms with E-state index < -0.39 is 6.10 Å². The van der Waals surface area contributed by atoms with Crippen molar-refractivity contribution in [3.63, 3.8) is 0 Å². The van der Waals surface area contributed by atoms with Crippen LogP contribution in [-0.4, -0.2) is 25.0 Å². The Kier molecular flexibility index (Phi) is 3.66. The highest BCUT2D eigenvalue weighted by Gasteiger charge is 2.09. The number of aromatic amines is 1. The van der Waals surface area contributed by atoms with Crippen molar-refractivity contribution in [2.24, 2.45) is 0 Å². The predicted octanol–water partition coefficient (Wildman–Crippen LogP) is 2.95. The SMILES string of the molecule is CC[C@H](O)c1ccc(Sc2ncnc3nc[nH]c23)cc1. The average Bonchev–Trinajstić information content (AvgIpc) is 2.97. The van der Waals surface area contributed by atoms with Gasteiger partial charge in [0, 0.05) is 4.90 Å². The first-order valence-corrected chi connectivity index (χ1v) is 7.19. The van der Waals surface area contributed by atoms with Gasteiger partial charge in [0.1, 0.15) is 16.9 Å². The van der Waals surface area contributed by atoms with E-state index in [0.717, 1.165) is 21.0 Å². The van der Waals surface area contributed by atoms with Gasteiger partial charge in [0.15, 0.2) is 5.65 Å². The van der Waals surface area contributed by atoms with E-state index in [1.54, 1.807) is 18.1 Å². The fourth-order valence-electron chi connectivity index (χ4n) is 1.93. The number of imidazole rings is 1. The smallest absolute Gasteiger partial charge is 0.181 e. The van der Waals surface area contributed by atoms with Crippen molar-refractivity contribution in [1.82, 2.24) is 19.9 Å². The highest BCUT2D eigenvalue weighted by Crippen LogP contribution is 2.30. The second-order valence-electron chi connectivity index (χ2n) is 4.38. The zero-order valence-electron chi connectivity index (χ0n) is 10.9. The molecule has 102 valence electrons. The lowest BCUT2D eigenvalue weighted by Crippen LogP contribution is -1.94. The maximum absolute atomic E-state index is 9.78. The molecule has 0 saturated heterocycles. The van der Waals surface area contributed by atoms with Crippen LogP contribution in [0.2, 0.25) is 0 Å². The molecule has 0 amide bonds. The number of aliphatic hydroxyl groups excluding tert-OH is 1. The number of rotatable bonds is 4. The summed E-state index contributed by atoms with van der Waals surface area (Å²) in [6, 6.07) is 7.87. The molecule has 3 aromatic rings. The van der Waals surface area contributed by atoms with Crippen molar-refractivity contribution in [3.8, 4) is 0 Å². The molecular formula is C14H14N4OS. The van der Waals surface area contributed by atoms with Gasteiger partial charge in [-0.2, -0.15) is 0 Å². The van der Waals surface area contributed by atoms with E-state index in [0.29, 0.717) is 12.1 Å². The van der Waals surface area contributed by atoms with Gasteiger partial charge in [-0.3, -0.25) is 0 Å². The molecule has 0 unspecified atom stereocenters. The Morgan fingerprint density at radius 2 is 2.00 bits per heavy atom. The summed E-state index contributed by atoms with van der Waals surface area (Å²) in [4.78, 5) is 16.6. The second-order valence-corrected chi connectivity index (χ2v) is 5.44. The van der Waals surface area contributed by atoms with E-state index in [9.17, 15) is 5.11 Å². The quantitative estimate of drug-likeness (QED) is 0.721. The molecule has 0 aliphatic rings. The van der Waals surface area contributed by atoms with Crippen LogP contribution in [0.3, 0.4) is 0 Å². The Labute approximate surface area is 120 Å². The van der Waals surface area contributed by atoms with Crippen molar-refractivity contribution in [2.45, 2.75) is 29.4 Å². The zero-order valence-corrected chi connectivity index (χ0v) is 11.8. The molecule has 20 heavy (non-hydrogen) atoms. The van der Waals surface area contributed by atoms with Gasteiger partial charge in [0.2, 0.25) is 0 Å². The van der Waals surface area contributed by atoms with Gasteiger partial charge in [0.25, 0.3) is 0 Å². The molecule has 1 aromatic carbocycles. The van der Waals surface area contributed by atoms with Crippen LogP contribution in [0.5, 0.6) is 0 Å². The fourth-order valence-corrected chi connectivity index (χ4v) is 2.77. The summed E-state index contributed by atoms with van der Waals surface area (Å²) in [6.45, 7) is 1.96. The van der Waals surface area contributed by atoms with E-state index in [-0.39, 0.29) is 0 Å². The van der Waals surface area contributed by atoms with Crippen LogP contribution in [0, 0.1) is 0 Å². The molecule has 0 aliphatic carbocycles. The minimum Gasteiger partial charge on any atom is -0.388 e. The van der Waals surface area contributed by atoms with Gasteiger partial charge in [-0.15, -0.1) is 0 Å². The molecule has 2 heterocycles. The number of nitrogens with one attached hydrogen (secondary N) is 1. The molecule has 0 bridgehead atoms. The Balaban J connectivity index is 1.86. The van der Waals surface area contributed by atoms with Crippen LogP contribution < -0.4 is 0 Å². The summed E-state index contributed by atoms with van der Waals surface area (Å²) in [7, 11) is 0. The van der Waals surface area contributed by atoms with Crippen LogP contribution >= 0.6 is 11.8 Å². The number of hydrogen-bond acceptors (Lipinski definition) is 5. The van der Waals surface area contributed by atoms with Crippen molar-refractivity contribution in [1.29, 1.82) is 0 Å². The van der Waals surface area contributed by atoms with Crippen LogP contribution in [0.1, 0.15) is 25.0 Å². The van der Waals surface area contributed by atoms with Crippen LogP contribution in [0.4, 0.5) is 0 Å². The summed E-state index contributed by atoms with van der Waals surface area (Å²) >= 11 is 1.55. The minimum absolute atomic E-state index is 0.396. The van der Waals surface area contributed by atoms with Crippen molar-refractivity contribution in [2.75, 3.05) is 0 Å². The Morgan fingerprint density at radius 3 is 2.75 bits per heavy atom. The number of nitrogens with zero attached hydrogens (tertiary/aromatic N) is 3. The maximum Gasteiger partial charge on any atom is 0.181 e. The molecule has 2 N–H and O–H groups in total. The molecule has 0 aliphatic heterocycles. The highest BCUT2D eigenvalue weighted by molar-refractivity contribution is 7.99. The van der Waals surface area contributed by atoms with Crippen molar-refractivity contribution < 1.29 is 5.11 Å². The Morgan fingerprint density at radius 1 is 1.20 bits per heavy atom. The van der Waals surface area contributed by atoms with E-state index in [1.807, 2.05) is 31.2 Å². The van der Waals surface area contributed by atoms with Gasteiger partial charge >= 0.3 is 0 Å². The molecule has 3 rings (SSSR count). The van der Waals surface area contributed by atoms with Crippen molar-refractivity contribution in [3.05, 3.63) is 42.5 Å². The van der Waals surface area contributed by atoms with Crippen LogP contribution in [0.15, 0.2) is 46.8 Å². The minimum atomic E-state index is -0.396.